The van der Waals surface area contributed by atoms with Crippen molar-refractivity contribution in [2.75, 3.05) is 0 Å². The molecular formula is C18H19N5O. The quantitative estimate of drug-likeness (QED) is 0.801. The van der Waals surface area contributed by atoms with Crippen LogP contribution >= 0.6 is 0 Å². The Morgan fingerprint density at radius 1 is 1.08 bits per heavy atom. The highest BCUT2D eigenvalue weighted by Gasteiger charge is 2.14. The Balaban J connectivity index is 1.77. The van der Waals surface area contributed by atoms with E-state index >= 15 is 0 Å². The van der Waals surface area contributed by atoms with Crippen molar-refractivity contribution in [1.29, 1.82) is 0 Å². The van der Waals surface area contributed by atoms with E-state index in [1.807, 2.05) is 55.8 Å². The lowest BCUT2D eigenvalue weighted by Crippen LogP contribution is -2.24. The minimum Gasteiger partial charge on any atom is -0.346 e. The van der Waals surface area contributed by atoms with Crippen LogP contribution in [0.4, 0.5) is 0 Å². The van der Waals surface area contributed by atoms with Crippen LogP contribution in [0, 0.1) is 20.8 Å². The molecule has 3 rings (SSSR count). The molecule has 6 heteroatoms. The van der Waals surface area contributed by atoms with Crippen LogP contribution in [0.25, 0.3) is 5.69 Å². The summed E-state index contributed by atoms with van der Waals surface area (Å²) >= 11 is 0. The molecule has 122 valence electrons. The average molecular weight is 321 g/mol. The van der Waals surface area contributed by atoms with Gasteiger partial charge in [-0.05, 0) is 32.9 Å². The number of hydrogen-bond acceptors (Lipinski definition) is 4. The molecule has 6 nitrogen and oxygen atoms in total. The zero-order valence-electron chi connectivity index (χ0n) is 13.9. The van der Waals surface area contributed by atoms with Crippen molar-refractivity contribution in [3.63, 3.8) is 0 Å². The summed E-state index contributed by atoms with van der Waals surface area (Å²) in [6, 6.07) is 9.93. The van der Waals surface area contributed by atoms with E-state index in [9.17, 15) is 4.79 Å². The Hall–Kier alpha value is -3.02. The lowest BCUT2D eigenvalue weighted by atomic mass is 10.2. The molecule has 2 aromatic heterocycles. The van der Waals surface area contributed by atoms with Gasteiger partial charge < -0.3 is 5.32 Å². The second kappa shape index (κ2) is 6.62. The van der Waals surface area contributed by atoms with Gasteiger partial charge in [-0.3, -0.25) is 9.78 Å². The van der Waals surface area contributed by atoms with Crippen LogP contribution in [-0.2, 0) is 6.54 Å². The summed E-state index contributed by atoms with van der Waals surface area (Å²) in [4.78, 5) is 20.4. The maximum Gasteiger partial charge on any atom is 0.271 e. The average Bonchev–Trinajstić information content (AvgIpc) is 2.88. The molecule has 3 aromatic rings. The number of benzene rings is 1. The zero-order chi connectivity index (χ0) is 17.1. The second-order valence-electron chi connectivity index (χ2n) is 5.62. The molecule has 24 heavy (non-hydrogen) atoms. The van der Waals surface area contributed by atoms with Crippen molar-refractivity contribution in [2.45, 2.75) is 27.3 Å². The maximum atomic E-state index is 12.2. The van der Waals surface area contributed by atoms with Crippen molar-refractivity contribution < 1.29 is 4.79 Å². The Morgan fingerprint density at radius 3 is 2.50 bits per heavy atom. The third kappa shape index (κ3) is 3.17. The van der Waals surface area contributed by atoms with Crippen LogP contribution in [0.15, 0.2) is 42.7 Å². The predicted octanol–water partition coefficient (Wildman–Crippen LogP) is 2.52. The second-order valence-corrected chi connectivity index (χ2v) is 5.62. The first-order valence-corrected chi connectivity index (χ1v) is 7.73. The zero-order valence-corrected chi connectivity index (χ0v) is 13.9. The van der Waals surface area contributed by atoms with E-state index in [0.29, 0.717) is 12.2 Å². The van der Waals surface area contributed by atoms with Gasteiger partial charge in [-0.25, -0.2) is 9.67 Å². The van der Waals surface area contributed by atoms with Gasteiger partial charge in [0.1, 0.15) is 5.69 Å². The highest BCUT2D eigenvalue weighted by Crippen LogP contribution is 2.17. The van der Waals surface area contributed by atoms with E-state index in [4.69, 9.17) is 0 Å². The van der Waals surface area contributed by atoms with Crippen LogP contribution in [0.5, 0.6) is 0 Å². The van der Waals surface area contributed by atoms with Crippen LogP contribution in [0.3, 0.4) is 0 Å². The maximum absolute atomic E-state index is 12.2. The predicted molar refractivity (Wildman–Crippen MR) is 91.0 cm³/mol. The van der Waals surface area contributed by atoms with Gasteiger partial charge in [0.15, 0.2) is 0 Å². The molecule has 0 bridgehead atoms. The van der Waals surface area contributed by atoms with Gasteiger partial charge in [0.2, 0.25) is 0 Å². The van der Waals surface area contributed by atoms with Gasteiger partial charge in [0.05, 0.1) is 23.3 Å². The first-order chi connectivity index (χ1) is 11.6. The Morgan fingerprint density at radius 2 is 1.83 bits per heavy atom. The molecule has 1 N–H and O–H groups in total. The minimum absolute atomic E-state index is 0.242. The first-order valence-electron chi connectivity index (χ1n) is 7.73. The number of aromatic nitrogens is 4. The molecule has 0 unspecified atom stereocenters. The monoisotopic (exact) mass is 321 g/mol. The van der Waals surface area contributed by atoms with Crippen molar-refractivity contribution in [3.05, 3.63) is 71.1 Å². The molecule has 0 saturated heterocycles. The van der Waals surface area contributed by atoms with Gasteiger partial charge in [-0.15, -0.1) is 0 Å². The highest BCUT2D eigenvalue weighted by atomic mass is 16.1. The van der Waals surface area contributed by atoms with Crippen LogP contribution in [-0.4, -0.2) is 25.7 Å². The number of aryl methyl sites for hydroxylation is 2. The normalized spacial score (nSPS) is 10.6. The summed E-state index contributed by atoms with van der Waals surface area (Å²) in [5.74, 6) is -0.242. The number of rotatable bonds is 4. The lowest BCUT2D eigenvalue weighted by Gasteiger charge is -2.07. The fourth-order valence-electron chi connectivity index (χ4n) is 2.52. The number of nitrogens with one attached hydrogen (secondary N) is 1. The van der Waals surface area contributed by atoms with E-state index in [2.05, 4.69) is 20.4 Å². The Kier molecular flexibility index (Phi) is 4.37. The fraction of sp³-hybridized carbons (Fsp3) is 0.222. The molecule has 1 aromatic carbocycles. The third-order valence-electron chi connectivity index (χ3n) is 3.88. The number of para-hydroxylation sites is 1. The van der Waals surface area contributed by atoms with E-state index in [0.717, 1.165) is 28.3 Å². The Bertz CT molecular complexity index is 853. The SMILES string of the molecule is Cc1cnc(C(=O)NCc2c(C)nn(-c3ccccc3)c2C)cn1. The summed E-state index contributed by atoms with van der Waals surface area (Å²) < 4.78 is 1.89. The van der Waals surface area contributed by atoms with Crippen LogP contribution < -0.4 is 5.32 Å². The smallest absolute Gasteiger partial charge is 0.271 e. The first kappa shape index (κ1) is 15.9. The van der Waals surface area contributed by atoms with Gasteiger partial charge in [0, 0.05) is 24.0 Å². The summed E-state index contributed by atoms with van der Waals surface area (Å²) in [5, 5.41) is 7.47. The molecule has 0 fully saturated rings. The van der Waals surface area contributed by atoms with Crippen molar-refractivity contribution >= 4 is 5.91 Å². The third-order valence-corrected chi connectivity index (χ3v) is 3.88. The number of carbonyl (C=O) groups is 1. The molecule has 0 aliphatic heterocycles. The molecule has 1 amide bonds. The number of amides is 1. The summed E-state index contributed by atoms with van der Waals surface area (Å²) in [5.41, 5.74) is 5.00. The molecule has 0 saturated carbocycles. The number of hydrogen-bond donors (Lipinski definition) is 1. The largest absolute Gasteiger partial charge is 0.346 e. The molecule has 2 heterocycles. The van der Waals surface area contributed by atoms with Gasteiger partial charge in [-0.2, -0.15) is 5.10 Å². The Labute approximate surface area is 140 Å². The molecule has 0 aliphatic carbocycles. The molecular weight excluding hydrogens is 302 g/mol. The van der Waals surface area contributed by atoms with E-state index in [1.165, 1.54) is 6.20 Å². The van der Waals surface area contributed by atoms with E-state index in [-0.39, 0.29) is 5.91 Å². The van der Waals surface area contributed by atoms with Crippen molar-refractivity contribution in [2.24, 2.45) is 0 Å². The van der Waals surface area contributed by atoms with Gasteiger partial charge in [0.25, 0.3) is 5.91 Å². The standard InChI is InChI=1S/C18H19N5O/c1-12-9-20-17(11-19-12)18(24)21-10-16-13(2)22-23(14(16)3)15-7-5-4-6-8-15/h4-9,11H,10H2,1-3H3,(H,21,24). The van der Waals surface area contributed by atoms with Gasteiger partial charge >= 0.3 is 0 Å². The van der Waals surface area contributed by atoms with Crippen LogP contribution in [0.2, 0.25) is 0 Å². The van der Waals surface area contributed by atoms with E-state index in [1.54, 1.807) is 6.20 Å². The number of nitrogens with zero attached hydrogens (tertiary/aromatic N) is 4. The van der Waals surface area contributed by atoms with E-state index < -0.39 is 0 Å². The number of carbonyl (C=O) groups excluding carboxylic acids is 1. The van der Waals surface area contributed by atoms with Crippen molar-refractivity contribution in [3.8, 4) is 5.69 Å². The molecule has 0 atom stereocenters. The molecule has 0 radical (unpaired) electrons. The molecule has 0 spiro atoms. The minimum atomic E-state index is -0.242. The topological polar surface area (TPSA) is 72.7 Å². The fourth-order valence-corrected chi connectivity index (χ4v) is 2.52. The summed E-state index contributed by atoms with van der Waals surface area (Å²) in [6.45, 7) is 6.18. The molecule has 0 aliphatic rings. The van der Waals surface area contributed by atoms with Crippen LogP contribution in [0.1, 0.15) is 33.1 Å². The lowest BCUT2D eigenvalue weighted by molar-refractivity contribution is 0.0945. The van der Waals surface area contributed by atoms with Crippen molar-refractivity contribution in [1.82, 2.24) is 25.1 Å². The summed E-state index contributed by atoms with van der Waals surface area (Å²) in [7, 11) is 0. The highest BCUT2D eigenvalue weighted by molar-refractivity contribution is 5.91. The summed E-state index contributed by atoms with van der Waals surface area (Å²) in [6.07, 6.45) is 3.07. The van der Waals surface area contributed by atoms with Gasteiger partial charge in [-0.1, -0.05) is 18.2 Å².